The van der Waals surface area contributed by atoms with Gasteiger partial charge in [0.1, 0.15) is 0 Å². The molecule has 0 bridgehead atoms. The predicted molar refractivity (Wildman–Crippen MR) is 41.2 cm³/mol. The molecule has 2 nitrogen and oxygen atoms in total. The summed E-state index contributed by atoms with van der Waals surface area (Å²) in [6.07, 6.45) is 0. The molecule has 1 atom stereocenters. The molecule has 0 amide bonds. The minimum Gasteiger partial charge on any atom is -0.395 e. The minimum absolute atomic E-state index is 0. The molecule has 0 aromatic heterocycles. The zero-order chi connectivity index (χ0) is 5.86. The molecule has 0 aromatic carbocycles. The Kier molecular flexibility index (Phi) is 16.5. The molecule has 3 N–H and O–H groups in total. The van der Waals surface area contributed by atoms with E-state index in [-0.39, 0.29) is 50.6 Å². The first-order chi connectivity index (χ1) is 3.18. The standard InChI is InChI=1S/C5H13NO.BH4.Na/c1-4(2)5(6)3-7;;/h4-5,7H,3,6H2,1-2H3;1H4;/q;-1;+1/t5-;;/m1../s1. The zero-order valence-electron chi connectivity index (χ0n) is 5.89. The molecule has 0 aliphatic heterocycles. The smallest absolute Gasteiger partial charge is 0.395 e. The normalized spacial score (nSPS) is 11.7. The summed E-state index contributed by atoms with van der Waals surface area (Å²) in [5, 5.41) is 8.38. The van der Waals surface area contributed by atoms with Gasteiger partial charge >= 0.3 is 29.6 Å². The van der Waals surface area contributed by atoms with Gasteiger partial charge in [0, 0.05) is 6.04 Å². The fraction of sp³-hybridized carbons (Fsp3) is 1.00. The maximum atomic E-state index is 8.38. The molecular weight excluding hydrogens is 124 g/mol. The van der Waals surface area contributed by atoms with Crippen molar-refractivity contribution in [1.82, 2.24) is 0 Å². The van der Waals surface area contributed by atoms with Crippen molar-refractivity contribution in [2.45, 2.75) is 19.9 Å². The molecule has 0 heterocycles. The zero-order valence-corrected chi connectivity index (χ0v) is 7.89. The van der Waals surface area contributed by atoms with Gasteiger partial charge < -0.3 is 10.8 Å². The van der Waals surface area contributed by atoms with Gasteiger partial charge in [0.25, 0.3) is 0 Å². The minimum atomic E-state index is -0.0417. The second-order valence-electron chi connectivity index (χ2n) is 2.09. The summed E-state index contributed by atoms with van der Waals surface area (Å²) in [4.78, 5) is 0. The van der Waals surface area contributed by atoms with Crippen LogP contribution in [0.1, 0.15) is 13.8 Å². The van der Waals surface area contributed by atoms with Crippen molar-refractivity contribution < 1.29 is 34.7 Å². The van der Waals surface area contributed by atoms with Crippen molar-refractivity contribution in [3.05, 3.63) is 0 Å². The Bertz CT molecular complexity index is 54.2. The molecule has 0 aliphatic carbocycles. The number of aliphatic hydroxyl groups is 1. The van der Waals surface area contributed by atoms with Crippen LogP contribution in [0.5, 0.6) is 0 Å². The van der Waals surface area contributed by atoms with E-state index >= 15 is 0 Å². The van der Waals surface area contributed by atoms with Gasteiger partial charge in [0.05, 0.1) is 6.61 Å². The Labute approximate surface area is 81.1 Å². The Morgan fingerprint density at radius 3 is 1.78 bits per heavy atom. The van der Waals surface area contributed by atoms with E-state index in [1.807, 2.05) is 13.8 Å². The quantitative estimate of drug-likeness (QED) is 0.381. The van der Waals surface area contributed by atoms with Crippen LogP contribution < -0.4 is 35.3 Å². The van der Waals surface area contributed by atoms with Crippen LogP contribution in [0.2, 0.25) is 0 Å². The van der Waals surface area contributed by atoms with Gasteiger partial charge in [0.2, 0.25) is 0 Å². The Morgan fingerprint density at radius 2 is 1.78 bits per heavy atom. The van der Waals surface area contributed by atoms with Crippen molar-refractivity contribution >= 4 is 8.41 Å². The summed E-state index contributed by atoms with van der Waals surface area (Å²) in [5.74, 6) is 0.394. The van der Waals surface area contributed by atoms with E-state index in [0.717, 1.165) is 0 Å². The van der Waals surface area contributed by atoms with E-state index in [0.29, 0.717) is 5.92 Å². The maximum Gasteiger partial charge on any atom is 1.00 e. The van der Waals surface area contributed by atoms with Crippen LogP contribution in [-0.4, -0.2) is 26.2 Å². The van der Waals surface area contributed by atoms with Gasteiger partial charge in [-0.1, -0.05) is 22.3 Å². The molecule has 0 rings (SSSR count). The van der Waals surface area contributed by atoms with Gasteiger partial charge in [-0.15, -0.1) is 0 Å². The molecule has 0 fully saturated rings. The molecule has 9 heavy (non-hydrogen) atoms. The first-order valence-corrected chi connectivity index (χ1v) is 2.55. The van der Waals surface area contributed by atoms with Gasteiger partial charge in [-0.3, -0.25) is 0 Å². The maximum absolute atomic E-state index is 8.38. The van der Waals surface area contributed by atoms with Gasteiger partial charge in [-0.2, -0.15) is 0 Å². The second-order valence-corrected chi connectivity index (χ2v) is 2.09. The van der Waals surface area contributed by atoms with Crippen LogP contribution in [0.3, 0.4) is 0 Å². The summed E-state index contributed by atoms with van der Waals surface area (Å²) < 4.78 is 0. The molecule has 0 aliphatic rings. The van der Waals surface area contributed by atoms with Gasteiger partial charge in [-0.05, 0) is 5.92 Å². The van der Waals surface area contributed by atoms with Gasteiger partial charge in [0.15, 0.2) is 0 Å². The van der Waals surface area contributed by atoms with Crippen LogP contribution in [-0.2, 0) is 0 Å². The molecular formula is C5H17BNNaO. The third-order valence-electron chi connectivity index (χ3n) is 1.07. The topological polar surface area (TPSA) is 46.2 Å². The van der Waals surface area contributed by atoms with E-state index in [1.54, 1.807) is 0 Å². The van der Waals surface area contributed by atoms with E-state index in [9.17, 15) is 0 Å². The van der Waals surface area contributed by atoms with Crippen LogP contribution in [0.15, 0.2) is 0 Å². The monoisotopic (exact) mass is 141 g/mol. The molecule has 0 unspecified atom stereocenters. The summed E-state index contributed by atoms with van der Waals surface area (Å²) >= 11 is 0. The Balaban J connectivity index is -0.000000180. The van der Waals surface area contributed by atoms with Crippen LogP contribution >= 0.6 is 0 Å². The molecule has 52 valence electrons. The van der Waals surface area contributed by atoms with Crippen molar-refractivity contribution in [1.29, 1.82) is 0 Å². The molecule has 0 spiro atoms. The predicted octanol–water partition coefficient (Wildman–Crippen LogP) is -4.49. The van der Waals surface area contributed by atoms with Gasteiger partial charge in [-0.25, -0.2) is 0 Å². The van der Waals surface area contributed by atoms with Crippen molar-refractivity contribution in [2.24, 2.45) is 11.7 Å². The first kappa shape index (κ1) is 16.5. The summed E-state index contributed by atoms with van der Waals surface area (Å²) in [7, 11) is 0. The Hall–Kier alpha value is 0.985. The molecule has 0 saturated heterocycles. The van der Waals surface area contributed by atoms with Crippen LogP contribution in [0, 0.1) is 5.92 Å². The van der Waals surface area contributed by atoms with Crippen molar-refractivity contribution in [3.8, 4) is 0 Å². The first-order valence-electron chi connectivity index (χ1n) is 2.55. The number of rotatable bonds is 2. The molecule has 0 saturated carbocycles. The van der Waals surface area contributed by atoms with E-state index < -0.39 is 0 Å². The second kappa shape index (κ2) is 8.98. The number of hydrogen-bond donors (Lipinski definition) is 2. The van der Waals surface area contributed by atoms with E-state index in [2.05, 4.69) is 0 Å². The number of nitrogens with two attached hydrogens (primary N) is 1. The third-order valence-corrected chi connectivity index (χ3v) is 1.07. The molecule has 0 radical (unpaired) electrons. The molecule has 4 heteroatoms. The largest absolute Gasteiger partial charge is 1.00 e. The van der Waals surface area contributed by atoms with Crippen molar-refractivity contribution in [2.75, 3.05) is 6.61 Å². The van der Waals surface area contributed by atoms with E-state index in [1.165, 1.54) is 0 Å². The summed E-state index contributed by atoms with van der Waals surface area (Å²) in [6.45, 7) is 4.07. The average molecular weight is 141 g/mol. The Morgan fingerprint density at radius 1 is 1.44 bits per heavy atom. The fourth-order valence-corrected chi connectivity index (χ4v) is 0.211. The molecule has 0 aromatic rings. The average Bonchev–Trinajstić information content (AvgIpc) is 1.65. The third kappa shape index (κ3) is 8.98. The van der Waals surface area contributed by atoms with Crippen LogP contribution in [0.4, 0.5) is 0 Å². The number of aliphatic hydroxyl groups excluding tert-OH is 1. The number of hydrogen-bond acceptors (Lipinski definition) is 2. The van der Waals surface area contributed by atoms with Crippen LogP contribution in [0.25, 0.3) is 0 Å². The van der Waals surface area contributed by atoms with E-state index in [4.69, 9.17) is 10.8 Å². The fourth-order valence-electron chi connectivity index (χ4n) is 0.211. The summed E-state index contributed by atoms with van der Waals surface area (Å²) in [5.41, 5.74) is 5.37. The SMILES string of the molecule is CC(C)[C@H](N)CO.[BH4-].[Na+]. The summed E-state index contributed by atoms with van der Waals surface area (Å²) in [6, 6.07) is -0.0417. The van der Waals surface area contributed by atoms with Crippen molar-refractivity contribution in [3.63, 3.8) is 0 Å².